The molecule has 5 N–H and O–H groups in total. The number of hydrogen-bond acceptors (Lipinski definition) is 6. The highest BCUT2D eigenvalue weighted by molar-refractivity contribution is 9.09. The Morgan fingerprint density at radius 3 is 2.41 bits per heavy atom. The van der Waals surface area contributed by atoms with E-state index in [-0.39, 0.29) is 18.4 Å². The number of benzene rings is 2. The standard InChI is InChI=1S/C21H27BrN6.ClH/c1-21(13-5-6-16-9-11-17(12-10-16)25-15-14-22)27-19(23)26-20(24)28(21)18-7-3-2-4-8-18;/h2-4,7-12,25H,5-6,13-15H2,1H3,(H4,23,24,26,27);1H. The number of nitrogens with two attached hydrogens (primary N) is 2. The number of para-hydroxylation sites is 1. The molecule has 0 saturated heterocycles. The zero-order valence-corrected chi connectivity index (χ0v) is 18.9. The highest BCUT2D eigenvalue weighted by Crippen LogP contribution is 2.31. The molecule has 156 valence electrons. The second-order valence-corrected chi connectivity index (χ2v) is 7.79. The summed E-state index contributed by atoms with van der Waals surface area (Å²) in [7, 11) is 0. The van der Waals surface area contributed by atoms with Crippen molar-refractivity contribution in [1.82, 2.24) is 0 Å². The number of alkyl halides is 1. The maximum Gasteiger partial charge on any atom is 0.220 e. The predicted molar refractivity (Wildman–Crippen MR) is 129 cm³/mol. The van der Waals surface area contributed by atoms with Gasteiger partial charge in [0, 0.05) is 23.2 Å². The number of aliphatic imine (C=N–C) groups is 2. The Kier molecular flexibility index (Phi) is 8.34. The number of nitrogens with one attached hydrogen (secondary N) is 1. The van der Waals surface area contributed by atoms with Crippen LogP contribution >= 0.6 is 28.3 Å². The molecule has 6 nitrogen and oxygen atoms in total. The van der Waals surface area contributed by atoms with Gasteiger partial charge in [0.2, 0.25) is 11.9 Å². The quantitative estimate of drug-likeness (QED) is 0.497. The normalized spacial score (nSPS) is 18.5. The SMILES string of the molecule is CC1(CCCc2ccc(NCCBr)cc2)N=C(N)N=C(N)N1c1ccccc1.Cl. The third kappa shape index (κ3) is 5.87. The molecule has 1 unspecified atom stereocenters. The molecule has 2 aromatic rings. The number of hydrogen-bond donors (Lipinski definition) is 3. The van der Waals surface area contributed by atoms with Crippen LogP contribution in [0.15, 0.2) is 64.6 Å². The van der Waals surface area contributed by atoms with Crippen molar-refractivity contribution in [3.8, 4) is 0 Å². The fraction of sp³-hybridized carbons (Fsp3) is 0.333. The minimum Gasteiger partial charge on any atom is -0.384 e. The van der Waals surface area contributed by atoms with Gasteiger partial charge < -0.3 is 16.8 Å². The van der Waals surface area contributed by atoms with Gasteiger partial charge in [-0.1, -0.05) is 46.3 Å². The summed E-state index contributed by atoms with van der Waals surface area (Å²) in [5, 5.41) is 4.29. The topological polar surface area (TPSA) is 92.0 Å². The molecule has 0 aliphatic carbocycles. The van der Waals surface area contributed by atoms with Crippen LogP contribution in [0.1, 0.15) is 25.3 Å². The van der Waals surface area contributed by atoms with Crippen molar-refractivity contribution in [3.05, 3.63) is 60.2 Å². The summed E-state index contributed by atoms with van der Waals surface area (Å²) in [6.07, 6.45) is 2.73. The van der Waals surface area contributed by atoms with Crippen LogP contribution in [0, 0.1) is 0 Å². The van der Waals surface area contributed by atoms with E-state index in [2.05, 4.69) is 62.4 Å². The molecule has 29 heavy (non-hydrogen) atoms. The molecule has 1 heterocycles. The van der Waals surface area contributed by atoms with E-state index in [1.165, 1.54) is 5.56 Å². The van der Waals surface area contributed by atoms with Gasteiger partial charge in [0.15, 0.2) is 0 Å². The van der Waals surface area contributed by atoms with E-state index >= 15 is 0 Å². The van der Waals surface area contributed by atoms with Crippen molar-refractivity contribution in [1.29, 1.82) is 0 Å². The van der Waals surface area contributed by atoms with Crippen LogP contribution in [-0.2, 0) is 6.42 Å². The van der Waals surface area contributed by atoms with E-state index in [0.29, 0.717) is 5.96 Å². The lowest BCUT2D eigenvalue weighted by Gasteiger charge is -2.41. The molecule has 0 radical (unpaired) electrons. The Hall–Kier alpha value is -2.25. The van der Waals surface area contributed by atoms with E-state index < -0.39 is 5.66 Å². The van der Waals surface area contributed by atoms with Gasteiger partial charge in [-0.05, 0) is 56.0 Å². The van der Waals surface area contributed by atoms with Crippen LogP contribution in [0.25, 0.3) is 0 Å². The first-order valence-corrected chi connectivity index (χ1v) is 10.6. The summed E-state index contributed by atoms with van der Waals surface area (Å²) < 4.78 is 0. The second-order valence-electron chi connectivity index (χ2n) is 6.99. The number of nitrogens with zero attached hydrogens (tertiary/aromatic N) is 3. The van der Waals surface area contributed by atoms with E-state index in [1.54, 1.807) is 0 Å². The first-order chi connectivity index (χ1) is 13.5. The van der Waals surface area contributed by atoms with Gasteiger partial charge in [-0.3, -0.25) is 4.90 Å². The smallest absolute Gasteiger partial charge is 0.220 e. The molecule has 1 aliphatic rings. The Labute approximate surface area is 187 Å². The zero-order chi connectivity index (χ0) is 20.0. The van der Waals surface area contributed by atoms with Gasteiger partial charge in [-0.2, -0.15) is 4.99 Å². The molecule has 0 bridgehead atoms. The number of aryl methyl sites for hydroxylation is 1. The maximum atomic E-state index is 6.22. The average Bonchev–Trinajstić information content (AvgIpc) is 2.67. The van der Waals surface area contributed by atoms with Crippen molar-refractivity contribution >= 4 is 51.6 Å². The largest absolute Gasteiger partial charge is 0.384 e. The molecule has 3 rings (SSSR count). The van der Waals surface area contributed by atoms with Gasteiger partial charge in [-0.15, -0.1) is 12.4 Å². The Balaban J connectivity index is 0.00000300. The minimum atomic E-state index is -0.561. The number of guanidine groups is 2. The fourth-order valence-corrected chi connectivity index (χ4v) is 3.70. The first-order valence-electron chi connectivity index (χ1n) is 9.45. The molecular formula is C21H28BrClN6. The monoisotopic (exact) mass is 478 g/mol. The maximum absolute atomic E-state index is 6.22. The fourth-order valence-electron chi connectivity index (χ4n) is 3.50. The van der Waals surface area contributed by atoms with Crippen LogP contribution in [0.2, 0.25) is 0 Å². The first kappa shape index (κ1) is 23.0. The van der Waals surface area contributed by atoms with Gasteiger partial charge in [0.25, 0.3) is 0 Å². The lowest BCUT2D eigenvalue weighted by Crippen LogP contribution is -2.56. The van der Waals surface area contributed by atoms with Crippen molar-refractivity contribution in [2.24, 2.45) is 21.5 Å². The van der Waals surface area contributed by atoms with Crippen molar-refractivity contribution in [3.63, 3.8) is 0 Å². The molecule has 1 atom stereocenters. The molecule has 2 aromatic carbocycles. The van der Waals surface area contributed by atoms with E-state index in [1.807, 2.05) is 35.2 Å². The summed E-state index contributed by atoms with van der Waals surface area (Å²) in [5.41, 5.74) is 15.0. The molecule has 0 aromatic heterocycles. The Morgan fingerprint density at radius 2 is 1.76 bits per heavy atom. The second kappa shape index (κ2) is 10.5. The van der Waals surface area contributed by atoms with Crippen LogP contribution in [0.4, 0.5) is 11.4 Å². The molecule has 0 amide bonds. The summed E-state index contributed by atoms with van der Waals surface area (Å²) >= 11 is 3.43. The highest BCUT2D eigenvalue weighted by atomic mass is 79.9. The van der Waals surface area contributed by atoms with Crippen LogP contribution in [0.3, 0.4) is 0 Å². The summed E-state index contributed by atoms with van der Waals surface area (Å²) in [6.45, 7) is 2.97. The number of rotatable bonds is 8. The van der Waals surface area contributed by atoms with Crippen molar-refractivity contribution < 1.29 is 0 Å². The average molecular weight is 480 g/mol. The third-order valence-corrected chi connectivity index (χ3v) is 5.20. The predicted octanol–water partition coefficient (Wildman–Crippen LogP) is 4.10. The van der Waals surface area contributed by atoms with E-state index in [0.717, 1.165) is 42.5 Å². The van der Waals surface area contributed by atoms with Crippen LogP contribution in [-0.4, -0.2) is 29.5 Å². The van der Waals surface area contributed by atoms with Crippen LogP contribution in [0.5, 0.6) is 0 Å². The molecule has 0 spiro atoms. The van der Waals surface area contributed by atoms with Crippen molar-refractivity contribution in [2.75, 3.05) is 22.1 Å². The summed E-state index contributed by atoms with van der Waals surface area (Å²) in [4.78, 5) is 10.8. The van der Waals surface area contributed by atoms with Gasteiger partial charge in [0.05, 0.1) is 0 Å². The van der Waals surface area contributed by atoms with Gasteiger partial charge in [0.1, 0.15) is 5.66 Å². The molecule has 1 aliphatic heterocycles. The van der Waals surface area contributed by atoms with Gasteiger partial charge >= 0.3 is 0 Å². The summed E-state index contributed by atoms with van der Waals surface area (Å²) in [6, 6.07) is 18.5. The number of halogens is 2. The third-order valence-electron chi connectivity index (χ3n) is 4.80. The Bertz CT molecular complexity index is 840. The van der Waals surface area contributed by atoms with Crippen LogP contribution < -0.4 is 21.7 Å². The lowest BCUT2D eigenvalue weighted by molar-refractivity contribution is 0.430. The highest BCUT2D eigenvalue weighted by Gasteiger charge is 2.36. The summed E-state index contributed by atoms with van der Waals surface area (Å²) in [5.74, 6) is 0.609. The van der Waals surface area contributed by atoms with Gasteiger partial charge in [-0.25, -0.2) is 4.99 Å². The zero-order valence-electron chi connectivity index (χ0n) is 16.5. The molecule has 0 saturated carbocycles. The van der Waals surface area contributed by atoms with Crippen molar-refractivity contribution in [2.45, 2.75) is 31.8 Å². The van der Waals surface area contributed by atoms with E-state index in [9.17, 15) is 0 Å². The molecular weight excluding hydrogens is 452 g/mol. The molecule has 8 heteroatoms. The minimum absolute atomic E-state index is 0. The lowest BCUT2D eigenvalue weighted by atomic mass is 9.98. The Morgan fingerprint density at radius 1 is 1.07 bits per heavy atom. The van der Waals surface area contributed by atoms with E-state index in [4.69, 9.17) is 11.5 Å². The molecule has 0 fully saturated rings. The number of anilines is 2.